The molecule has 0 heteroatoms. The first-order valence-corrected chi connectivity index (χ1v) is 2.91. The largest absolute Gasteiger partial charge is 0.106 e. The van der Waals surface area contributed by atoms with Crippen molar-refractivity contribution in [3.8, 4) is 0 Å². The molecule has 0 saturated heterocycles. The van der Waals surface area contributed by atoms with Crippen LogP contribution in [0.4, 0.5) is 0 Å². The molecule has 0 atom stereocenters. The second-order valence-corrected chi connectivity index (χ2v) is 0.707. The van der Waals surface area contributed by atoms with Crippen LogP contribution in [0.5, 0.6) is 0 Å². The zero-order valence-electron chi connectivity index (χ0n) is 6.12. The van der Waals surface area contributed by atoms with Crippen LogP contribution in [0.1, 0.15) is 34.1 Å². The lowest BCUT2D eigenvalue weighted by Gasteiger charge is -1.48. The van der Waals surface area contributed by atoms with E-state index < -0.39 is 0 Å². The van der Waals surface area contributed by atoms with E-state index in [0.717, 1.165) is 0 Å². The first kappa shape index (κ1) is 15.9. The van der Waals surface area contributed by atoms with Crippen molar-refractivity contribution in [1.82, 2.24) is 0 Å². The summed E-state index contributed by atoms with van der Waals surface area (Å²) in [6, 6.07) is 0. The Labute approximate surface area is 48.3 Å². The van der Waals surface area contributed by atoms with Crippen molar-refractivity contribution in [2.75, 3.05) is 0 Å². The Bertz CT molecular complexity index is 4.00. The van der Waals surface area contributed by atoms with Crippen molar-refractivity contribution in [3.05, 3.63) is 13.2 Å². The summed E-state index contributed by atoms with van der Waals surface area (Å²) in [5.41, 5.74) is 0. The third-order valence-corrected chi connectivity index (χ3v) is 0. The van der Waals surface area contributed by atoms with Crippen LogP contribution in [0.25, 0.3) is 0 Å². The molecule has 0 unspecified atom stereocenters. The molecule has 0 aliphatic heterocycles. The Morgan fingerprint density at radius 2 is 1.00 bits per heavy atom. The average molecular weight is 102 g/mol. The molecule has 0 heterocycles. The maximum absolute atomic E-state index is 3.00. The minimum absolute atomic E-state index is 1.25. The van der Waals surface area contributed by atoms with Crippen molar-refractivity contribution in [2.45, 2.75) is 34.1 Å². The molecule has 0 spiro atoms. The second-order valence-electron chi connectivity index (χ2n) is 0.707. The quantitative estimate of drug-likeness (QED) is 0.412. The van der Waals surface area contributed by atoms with Crippen LogP contribution in [0.2, 0.25) is 0 Å². The van der Waals surface area contributed by atoms with Crippen LogP contribution in [0.15, 0.2) is 13.2 Å². The van der Waals surface area contributed by atoms with Gasteiger partial charge >= 0.3 is 0 Å². The predicted octanol–water partition coefficient (Wildman–Crippen LogP) is 3.24. The van der Waals surface area contributed by atoms with Crippen LogP contribution >= 0.6 is 0 Å². The predicted molar refractivity (Wildman–Crippen MR) is 38.6 cm³/mol. The number of hydrogen-bond donors (Lipinski definition) is 0. The van der Waals surface area contributed by atoms with Gasteiger partial charge in [0, 0.05) is 0 Å². The molecule has 0 amide bonds. The van der Waals surface area contributed by atoms with Gasteiger partial charge in [-0.25, -0.2) is 0 Å². The van der Waals surface area contributed by atoms with Crippen molar-refractivity contribution in [2.24, 2.45) is 0 Å². The Kier molecular flexibility index (Phi) is 534. The fourth-order valence-corrected chi connectivity index (χ4v) is 0. The summed E-state index contributed by atoms with van der Waals surface area (Å²) in [6.45, 7) is 14.2. The smallest absolute Gasteiger partial charge is 0.0590 e. The highest BCUT2D eigenvalue weighted by atomic mass is 13.4. The van der Waals surface area contributed by atoms with Crippen molar-refractivity contribution in [1.29, 1.82) is 0 Å². The minimum Gasteiger partial charge on any atom is -0.106 e. The molecular weight excluding hydrogens is 84.1 g/mol. The van der Waals surface area contributed by atoms with E-state index in [4.69, 9.17) is 0 Å². The molecule has 0 rings (SSSR count). The van der Waals surface area contributed by atoms with Gasteiger partial charge in [0.25, 0.3) is 0 Å². The van der Waals surface area contributed by atoms with Gasteiger partial charge in [-0.1, -0.05) is 34.1 Å². The Morgan fingerprint density at radius 3 is 1.00 bits per heavy atom. The fraction of sp³-hybridized carbons (Fsp3) is 0.714. The minimum atomic E-state index is 1.25. The van der Waals surface area contributed by atoms with Crippen molar-refractivity contribution < 1.29 is 0 Å². The molecule has 0 fully saturated rings. The SMILES string of the molecule is C=C.CC.CCC. The van der Waals surface area contributed by atoms with Gasteiger partial charge < -0.3 is 0 Å². The number of hydrogen-bond acceptors (Lipinski definition) is 0. The van der Waals surface area contributed by atoms with Gasteiger partial charge in [-0.05, 0) is 0 Å². The van der Waals surface area contributed by atoms with Gasteiger partial charge in [-0.2, -0.15) is 0 Å². The lowest BCUT2D eigenvalue weighted by molar-refractivity contribution is 1.09. The molecule has 0 saturated carbocycles. The Balaban J connectivity index is -0.0000000360. The lowest BCUT2D eigenvalue weighted by Crippen LogP contribution is -1.27. The van der Waals surface area contributed by atoms with E-state index in [0.29, 0.717) is 0 Å². The molecule has 0 N–H and O–H groups in total. The van der Waals surface area contributed by atoms with E-state index in [2.05, 4.69) is 27.0 Å². The molecule has 0 bridgehead atoms. The monoisotopic (exact) mass is 102 g/mol. The highest BCUT2D eigenvalue weighted by molar-refractivity contribution is 4.22. The van der Waals surface area contributed by atoms with Crippen LogP contribution in [-0.2, 0) is 0 Å². The van der Waals surface area contributed by atoms with Gasteiger partial charge in [-0.15, -0.1) is 13.2 Å². The third-order valence-electron chi connectivity index (χ3n) is 0. The van der Waals surface area contributed by atoms with E-state index in [1.807, 2.05) is 13.8 Å². The Morgan fingerprint density at radius 1 is 1.00 bits per heavy atom. The van der Waals surface area contributed by atoms with Gasteiger partial charge in [0.15, 0.2) is 0 Å². The summed E-state index contributed by atoms with van der Waals surface area (Å²) in [5.74, 6) is 0. The second kappa shape index (κ2) is 236. The van der Waals surface area contributed by atoms with Crippen molar-refractivity contribution in [3.63, 3.8) is 0 Å². The first-order valence-electron chi connectivity index (χ1n) is 2.91. The summed E-state index contributed by atoms with van der Waals surface area (Å²) in [5, 5.41) is 0. The van der Waals surface area contributed by atoms with Gasteiger partial charge in [-0.3, -0.25) is 0 Å². The zero-order valence-corrected chi connectivity index (χ0v) is 6.12. The van der Waals surface area contributed by atoms with Gasteiger partial charge in [0.1, 0.15) is 0 Å². The van der Waals surface area contributed by atoms with Gasteiger partial charge in [0.05, 0.1) is 0 Å². The molecule has 7 heavy (non-hydrogen) atoms. The van der Waals surface area contributed by atoms with E-state index in [9.17, 15) is 0 Å². The van der Waals surface area contributed by atoms with Gasteiger partial charge in [0.2, 0.25) is 0 Å². The lowest BCUT2D eigenvalue weighted by atomic mass is 10.6. The first-order chi connectivity index (χ1) is 3.41. The van der Waals surface area contributed by atoms with E-state index >= 15 is 0 Å². The molecule has 0 aromatic heterocycles. The van der Waals surface area contributed by atoms with Crippen LogP contribution in [-0.4, -0.2) is 0 Å². The molecule has 0 aromatic rings. The van der Waals surface area contributed by atoms with Crippen LogP contribution in [0.3, 0.4) is 0 Å². The standard InChI is InChI=1S/C3H8.C2H6.C2H4/c1-3-2;2*1-2/h3H2,1-2H3;1-2H3;1-2H2. The Hall–Kier alpha value is -0.260. The molecule has 46 valence electrons. The topological polar surface area (TPSA) is 0 Å². The highest BCUT2D eigenvalue weighted by Gasteiger charge is 1.35. The summed E-state index contributed by atoms with van der Waals surface area (Å²) in [4.78, 5) is 0. The van der Waals surface area contributed by atoms with Crippen molar-refractivity contribution >= 4 is 0 Å². The van der Waals surface area contributed by atoms with Crippen LogP contribution < -0.4 is 0 Å². The van der Waals surface area contributed by atoms with E-state index in [-0.39, 0.29) is 0 Å². The van der Waals surface area contributed by atoms with E-state index in [1.54, 1.807) is 0 Å². The molecule has 0 aromatic carbocycles. The normalized spacial score (nSPS) is 4.00. The van der Waals surface area contributed by atoms with E-state index in [1.165, 1.54) is 6.42 Å². The molecular formula is C7H18. The highest BCUT2D eigenvalue weighted by Crippen LogP contribution is 1.56. The maximum Gasteiger partial charge on any atom is -0.0590 e. The summed E-state index contributed by atoms with van der Waals surface area (Å²) < 4.78 is 0. The molecule has 0 nitrogen and oxygen atoms in total. The fourth-order valence-electron chi connectivity index (χ4n) is 0. The average Bonchev–Trinajstić information content (AvgIpc) is 1.78. The zero-order chi connectivity index (χ0) is 6.71. The maximum atomic E-state index is 3.00. The molecule has 0 radical (unpaired) electrons. The number of rotatable bonds is 0. The van der Waals surface area contributed by atoms with Crippen LogP contribution in [0, 0.1) is 0 Å². The summed E-state index contributed by atoms with van der Waals surface area (Å²) >= 11 is 0. The molecule has 0 aliphatic rings. The summed E-state index contributed by atoms with van der Waals surface area (Å²) in [6.07, 6.45) is 1.25. The third kappa shape index (κ3) is 1190. The summed E-state index contributed by atoms with van der Waals surface area (Å²) in [7, 11) is 0. The molecule has 0 aliphatic carbocycles.